The number of rotatable bonds is 5. The van der Waals surface area contributed by atoms with Crippen molar-refractivity contribution in [2.75, 3.05) is 6.54 Å². The van der Waals surface area contributed by atoms with E-state index in [4.69, 9.17) is 0 Å². The standard InChI is InChI=1S/C8H13BrN4O2S/c1-3-4-5-6-10-16(14,15)8-7(9)11-12-13(8)2/h3-4,10H,5-6H2,1-2H3/b4-3+. The lowest BCUT2D eigenvalue weighted by molar-refractivity contribution is 0.561. The summed E-state index contributed by atoms with van der Waals surface area (Å²) in [6, 6.07) is 0. The normalized spacial score (nSPS) is 12.4. The third kappa shape index (κ3) is 3.13. The fourth-order valence-electron chi connectivity index (χ4n) is 1.12. The number of halogens is 1. The molecular weight excluding hydrogens is 296 g/mol. The van der Waals surface area contributed by atoms with Gasteiger partial charge in [0, 0.05) is 13.6 Å². The molecule has 0 aliphatic heterocycles. The second-order valence-electron chi connectivity index (χ2n) is 3.06. The Balaban J connectivity index is 2.79. The van der Waals surface area contributed by atoms with Crippen molar-refractivity contribution >= 4 is 26.0 Å². The van der Waals surface area contributed by atoms with Crippen molar-refractivity contribution in [2.24, 2.45) is 7.05 Å². The van der Waals surface area contributed by atoms with Crippen molar-refractivity contribution in [3.05, 3.63) is 16.8 Å². The molecule has 0 saturated carbocycles. The zero-order valence-electron chi connectivity index (χ0n) is 9.01. The Hall–Kier alpha value is -0.730. The molecule has 1 N–H and O–H groups in total. The van der Waals surface area contributed by atoms with Crippen molar-refractivity contribution in [3.63, 3.8) is 0 Å². The van der Waals surface area contributed by atoms with Crippen LogP contribution < -0.4 is 4.72 Å². The van der Waals surface area contributed by atoms with Crippen LogP contribution in [-0.4, -0.2) is 30.0 Å². The van der Waals surface area contributed by atoms with E-state index in [1.807, 2.05) is 19.1 Å². The minimum absolute atomic E-state index is 0.0352. The first-order valence-corrected chi connectivity index (χ1v) is 6.92. The lowest BCUT2D eigenvalue weighted by atomic mass is 10.4. The van der Waals surface area contributed by atoms with Crippen LogP contribution in [0.1, 0.15) is 13.3 Å². The number of hydrogen-bond acceptors (Lipinski definition) is 4. The van der Waals surface area contributed by atoms with Gasteiger partial charge in [-0.25, -0.2) is 17.8 Å². The number of hydrogen-bond donors (Lipinski definition) is 1. The molecule has 0 amide bonds. The van der Waals surface area contributed by atoms with Crippen molar-refractivity contribution in [1.82, 2.24) is 19.7 Å². The van der Waals surface area contributed by atoms with E-state index >= 15 is 0 Å². The molecule has 0 aromatic carbocycles. The van der Waals surface area contributed by atoms with E-state index in [2.05, 4.69) is 31.0 Å². The molecule has 0 unspecified atom stereocenters. The van der Waals surface area contributed by atoms with Gasteiger partial charge in [-0.05, 0) is 29.3 Å². The maximum absolute atomic E-state index is 11.8. The average molecular weight is 309 g/mol. The molecule has 16 heavy (non-hydrogen) atoms. The van der Waals surface area contributed by atoms with Gasteiger partial charge < -0.3 is 0 Å². The highest BCUT2D eigenvalue weighted by Gasteiger charge is 2.22. The Labute approximate surface area is 103 Å². The van der Waals surface area contributed by atoms with Gasteiger partial charge >= 0.3 is 0 Å². The topological polar surface area (TPSA) is 76.9 Å². The van der Waals surface area contributed by atoms with E-state index in [9.17, 15) is 8.42 Å². The molecule has 6 nitrogen and oxygen atoms in total. The highest BCUT2D eigenvalue weighted by Crippen LogP contribution is 2.17. The summed E-state index contributed by atoms with van der Waals surface area (Å²) in [6.07, 6.45) is 4.41. The molecule has 8 heteroatoms. The first-order chi connectivity index (χ1) is 7.49. The van der Waals surface area contributed by atoms with Crippen LogP contribution in [0.25, 0.3) is 0 Å². The monoisotopic (exact) mass is 308 g/mol. The van der Waals surface area contributed by atoms with Crippen LogP contribution in [0.15, 0.2) is 21.8 Å². The lowest BCUT2D eigenvalue weighted by Gasteiger charge is -2.04. The van der Waals surface area contributed by atoms with Crippen molar-refractivity contribution in [3.8, 4) is 0 Å². The third-order valence-electron chi connectivity index (χ3n) is 1.83. The summed E-state index contributed by atoms with van der Waals surface area (Å²) >= 11 is 3.05. The van der Waals surface area contributed by atoms with Crippen LogP contribution in [-0.2, 0) is 17.1 Å². The van der Waals surface area contributed by atoms with Crippen molar-refractivity contribution < 1.29 is 8.42 Å². The summed E-state index contributed by atoms with van der Waals surface area (Å²) in [4.78, 5) is 0. The molecule has 1 aromatic heterocycles. The van der Waals surface area contributed by atoms with Gasteiger partial charge in [0.25, 0.3) is 10.0 Å². The van der Waals surface area contributed by atoms with Crippen molar-refractivity contribution in [2.45, 2.75) is 18.4 Å². The van der Waals surface area contributed by atoms with E-state index < -0.39 is 10.0 Å². The van der Waals surface area contributed by atoms with Crippen LogP contribution in [0.3, 0.4) is 0 Å². The first-order valence-electron chi connectivity index (χ1n) is 4.65. The molecule has 0 atom stereocenters. The quantitative estimate of drug-likeness (QED) is 0.645. The Bertz CT molecular complexity index is 461. The van der Waals surface area contributed by atoms with Crippen LogP contribution in [0, 0.1) is 0 Å². The molecule has 1 heterocycles. The smallest absolute Gasteiger partial charge is 0.235 e. The molecular formula is C8H13BrN4O2S. The number of nitrogens with zero attached hydrogens (tertiary/aromatic N) is 3. The Morgan fingerprint density at radius 2 is 2.25 bits per heavy atom. The highest BCUT2D eigenvalue weighted by molar-refractivity contribution is 9.10. The second-order valence-corrected chi connectivity index (χ2v) is 5.50. The molecule has 0 saturated heterocycles. The number of nitrogens with one attached hydrogen (secondary N) is 1. The summed E-state index contributed by atoms with van der Waals surface area (Å²) in [5.41, 5.74) is 0. The number of aromatic nitrogens is 3. The van der Waals surface area contributed by atoms with Crippen LogP contribution in [0.4, 0.5) is 0 Å². The van der Waals surface area contributed by atoms with Gasteiger partial charge in [-0.2, -0.15) is 0 Å². The highest BCUT2D eigenvalue weighted by atomic mass is 79.9. The van der Waals surface area contributed by atoms with Gasteiger partial charge in [0.2, 0.25) is 5.03 Å². The van der Waals surface area contributed by atoms with Crippen LogP contribution in [0.5, 0.6) is 0 Å². The van der Waals surface area contributed by atoms with E-state index in [1.54, 1.807) is 0 Å². The Morgan fingerprint density at radius 1 is 1.56 bits per heavy atom. The third-order valence-corrected chi connectivity index (χ3v) is 4.18. The van der Waals surface area contributed by atoms with Gasteiger partial charge in [0.15, 0.2) is 4.60 Å². The summed E-state index contributed by atoms with van der Waals surface area (Å²) in [5.74, 6) is 0. The minimum atomic E-state index is -3.55. The van der Waals surface area contributed by atoms with Gasteiger partial charge in [0.1, 0.15) is 0 Å². The first kappa shape index (κ1) is 13.3. The predicted molar refractivity (Wildman–Crippen MR) is 63.3 cm³/mol. The maximum atomic E-state index is 11.8. The van der Waals surface area contributed by atoms with E-state index in [0.29, 0.717) is 13.0 Å². The van der Waals surface area contributed by atoms with Gasteiger partial charge in [-0.3, -0.25) is 0 Å². The molecule has 90 valence electrons. The Morgan fingerprint density at radius 3 is 2.75 bits per heavy atom. The van der Waals surface area contributed by atoms with Crippen molar-refractivity contribution in [1.29, 1.82) is 0 Å². The van der Waals surface area contributed by atoms with Gasteiger partial charge in [-0.15, -0.1) is 5.10 Å². The number of aryl methyl sites for hydroxylation is 1. The summed E-state index contributed by atoms with van der Waals surface area (Å²) in [6.45, 7) is 2.24. The summed E-state index contributed by atoms with van der Waals surface area (Å²) in [7, 11) is -2.03. The maximum Gasteiger partial charge on any atom is 0.260 e. The molecule has 0 radical (unpaired) electrons. The molecule has 0 fully saturated rings. The van der Waals surface area contributed by atoms with E-state index in [1.165, 1.54) is 11.7 Å². The largest absolute Gasteiger partial charge is 0.260 e. The average Bonchev–Trinajstić information content (AvgIpc) is 2.54. The zero-order chi connectivity index (χ0) is 12.2. The van der Waals surface area contributed by atoms with Gasteiger partial charge in [-0.1, -0.05) is 17.4 Å². The lowest BCUT2D eigenvalue weighted by Crippen LogP contribution is -2.26. The second kappa shape index (κ2) is 5.55. The fraction of sp³-hybridized carbons (Fsp3) is 0.500. The van der Waals surface area contributed by atoms with Crippen LogP contribution in [0.2, 0.25) is 0 Å². The summed E-state index contributed by atoms with van der Waals surface area (Å²) in [5, 5.41) is 7.27. The Kier molecular flexibility index (Phi) is 4.63. The molecule has 0 aliphatic carbocycles. The zero-order valence-corrected chi connectivity index (χ0v) is 11.4. The number of allylic oxidation sites excluding steroid dienone is 1. The van der Waals surface area contributed by atoms with Crippen LogP contribution >= 0.6 is 15.9 Å². The molecule has 0 aliphatic rings. The van der Waals surface area contributed by atoms with E-state index in [-0.39, 0.29) is 9.63 Å². The SMILES string of the molecule is C/C=C/CCNS(=O)(=O)c1c(Br)nnn1C. The predicted octanol–water partition coefficient (Wildman–Crippen LogP) is 0.822. The van der Waals surface area contributed by atoms with Gasteiger partial charge in [0.05, 0.1) is 0 Å². The molecule has 1 rings (SSSR count). The minimum Gasteiger partial charge on any atom is -0.235 e. The molecule has 0 bridgehead atoms. The summed E-state index contributed by atoms with van der Waals surface area (Å²) < 4.78 is 27.6. The molecule has 0 spiro atoms. The number of sulfonamides is 1. The fourth-order valence-corrected chi connectivity index (χ4v) is 3.26. The molecule has 1 aromatic rings. The van der Waals surface area contributed by atoms with E-state index in [0.717, 1.165) is 0 Å².